The van der Waals surface area contributed by atoms with E-state index < -0.39 is 0 Å². The number of nitrogens with zero attached hydrogens (tertiary/aromatic N) is 3. The third kappa shape index (κ3) is 5.50. The largest absolute Gasteiger partial charge is 0.208 e. The molecule has 0 N–H and O–H groups in total. The topological polar surface area (TPSA) is 38.7 Å². The summed E-state index contributed by atoms with van der Waals surface area (Å²) in [5.74, 6) is 1.97. The van der Waals surface area contributed by atoms with Crippen molar-refractivity contribution in [3.8, 4) is 45.3 Å². The molecule has 7 aromatic rings. The van der Waals surface area contributed by atoms with Crippen molar-refractivity contribution in [3.63, 3.8) is 0 Å². The summed E-state index contributed by atoms with van der Waals surface area (Å²) in [7, 11) is -0.371. The molecular weight excluding hydrogens is 589 g/mol. The lowest BCUT2D eigenvalue weighted by atomic mass is 9.84. The lowest BCUT2D eigenvalue weighted by Crippen LogP contribution is -2.00. The number of rotatable bonds is 6. The highest BCUT2D eigenvalue weighted by atomic mass is 31.1. The van der Waals surface area contributed by atoms with Gasteiger partial charge in [-0.1, -0.05) is 133 Å². The number of hydrogen-bond donors (Lipinski definition) is 0. The van der Waals surface area contributed by atoms with Crippen molar-refractivity contribution in [2.75, 3.05) is 6.66 Å². The van der Waals surface area contributed by atoms with E-state index in [9.17, 15) is 0 Å². The Morgan fingerprint density at radius 2 is 0.957 bits per heavy atom. The minimum Gasteiger partial charge on any atom is -0.208 e. The first-order chi connectivity index (χ1) is 23.1. The van der Waals surface area contributed by atoms with Crippen molar-refractivity contribution in [3.05, 3.63) is 156 Å². The van der Waals surface area contributed by atoms with Crippen LogP contribution >= 0.6 is 7.55 Å². The van der Waals surface area contributed by atoms with Gasteiger partial charge in [0.25, 0.3) is 0 Å². The lowest BCUT2D eigenvalue weighted by Gasteiger charge is -2.19. The van der Waals surface area contributed by atoms with Gasteiger partial charge in [0, 0.05) is 23.1 Å². The van der Waals surface area contributed by atoms with E-state index >= 15 is 0 Å². The van der Waals surface area contributed by atoms with Gasteiger partial charge in [-0.15, -0.1) is 0 Å². The zero-order valence-corrected chi connectivity index (χ0v) is 27.2. The SMILES string of the molecule is C=[P+](C)C1=CC(c2c3ccccc3c(-c3cccc(-c4nc(-c5ccccc5)nc(-c5ccccc5)n4)c3)c3ccccc23)=CCC1. The molecule has 1 unspecified atom stereocenters. The summed E-state index contributed by atoms with van der Waals surface area (Å²) in [5.41, 5.74) is 7.84. The monoisotopic (exact) mass is 622 g/mol. The molecule has 1 heterocycles. The Kier molecular flexibility index (Phi) is 7.61. The second kappa shape index (κ2) is 12.4. The van der Waals surface area contributed by atoms with Crippen molar-refractivity contribution in [2.24, 2.45) is 0 Å². The van der Waals surface area contributed by atoms with E-state index in [1.807, 2.05) is 60.7 Å². The van der Waals surface area contributed by atoms with Crippen LogP contribution in [0.1, 0.15) is 18.4 Å². The molecule has 8 rings (SSSR count). The average molecular weight is 623 g/mol. The quantitative estimate of drug-likeness (QED) is 0.137. The van der Waals surface area contributed by atoms with Gasteiger partial charge in [-0.2, -0.15) is 0 Å². The molecule has 6 aromatic carbocycles. The van der Waals surface area contributed by atoms with Crippen LogP contribution in [0.4, 0.5) is 0 Å². The van der Waals surface area contributed by atoms with Gasteiger partial charge in [0.2, 0.25) is 0 Å². The second-order valence-electron chi connectivity index (χ2n) is 12.0. The van der Waals surface area contributed by atoms with Gasteiger partial charge < -0.3 is 0 Å². The number of benzene rings is 6. The van der Waals surface area contributed by atoms with Crippen molar-refractivity contribution in [2.45, 2.75) is 12.8 Å². The molecule has 0 saturated carbocycles. The summed E-state index contributed by atoms with van der Waals surface area (Å²) < 4.78 is 0. The van der Waals surface area contributed by atoms with Crippen molar-refractivity contribution >= 4 is 41.0 Å². The fraction of sp³-hybridized carbons (Fsp3) is 0.0698. The minimum atomic E-state index is -0.371. The van der Waals surface area contributed by atoms with Crippen LogP contribution in [-0.4, -0.2) is 27.9 Å². The molecule has 1 atom stereocenters. The fourth-order valence-electron chi connectivity index (χ4n) is 6.66. The summed E-state index contributed by atoms with van der Waals surface area (Å²) in [6, 6.07) is 46.6. The number of fused-ring (bicyclic) bond motifs is 2. The smallest absolute Gasteiger partial charge is 0.164 e. The predicted octanol–water partition coefficient (Wildman–Crippen LogP) is 11.5. The zero-order chi connectivity index (χ0) is 31.7. The van der Waals surface area contributed by atoms with E-state index in [2.05, 4.69) is 97.9 Å². The van der Waals surface area contributed by atoms with Crippen LogP contribution in [0.3, 0.4) is 0 Å². The predicted molar refractivity (Wildman–Crippen MR) is 202 cm³/mol. The molecule has 47 heavy (non-hydrogen) atoms. The highest BCUT2D eigenvalue weighted by Crippen LogP contribution is 2.45. The van der Waals surface area contributed by atoms with Crippen LogP contribution in [0.25, 0.3) is 72.4 Å². The molecule has 3 nitrogen and oxygen atoms in total. The summed E-state index contributed by atoms with van der Waals surface area (Å²) in [6.45, 7) is 2.26. The summed E-state index contributed by atoms with van der Waals surface area (Å²) in [4.78, 5) is 14.9. The second-order valence-corrected chi connectivity index (χ2v) is 14.0. The molecule has 0 saturated heterocycles. The van der Waals surface area contributed by atoms with Crippen LogP contribution in [0.5, 0.6) is 0 Å². The highest BCUT2D eigenvalue weighted by molar-refractivity contribution is 7.59. The highest BCUT2D eigenvalue weighted by Gasteiger charge is 2.21. The maximum atomic E-state index is 5.02. The Balaban J connectivity index is 1.34. The summed E-state index contributed by atoms with van der Waals surface area (Å²) >= 11 is 0. The number of aromatic nitrogens is 3. The maximum absolute atomic E-state index is 5.02. The van der Waals surface area contributed by atoms with Crippen LogP contribution < -0.4 is 0 Å². The molecule has 224 valence electrons. The van der Waals surface area contributed by atoms with Gasteiger partial charge in [-0.05, 0) is 62.4 Å². The first kappa shape index (κ1) is 28.9. The first-order valence-corrected chi connectivity index (χ1v) is 18.0. The summed E-state index contributed by atoms with van der Waals surface area (Å²) in [5, 5.41) is 6.47. The molecule has 0 fully saturated rings. The van der Waals surface area contributed by atoms with E-state index in [1.165, 1.54) is 43.6 Å². The number of allylic oxidation sites excluding steroid dienone is 4. The van der Waals surface area contributed by atoms with Crippen LogP contribution in [-0.2, 0) is 0 Å². The molecular formula is C43H33N3P+. The molecule has 1 aliphatic carbocycles. The third-order valence-electron chi connectivity index (χ3n) is 8.91. The van der Waals surface area contributed by atoms with E-state index in [0.29, 0.717) is 17.5 Å². The van der Waals surface area contributed by atoms with Gasteiger partial charge >= 0.3 is 0 Å². The van der Waals surface area contributed by atoms with Crippen LogP contribution in [0, 0.1) is 0 Å². The first-order valence-electron chi connectivity index (χ1n) is 16.0. The summed E-state index contributed by atoms with van der Waals surface area (Å²) in [6.07, 6.45) is 11.4. The molecule has 4 heteroatoms. The van der Waals surface area contributed by atoms with Crippen molar-refractivity contribution < 1.29 is 0 Å². The van der Waals surface area contributed by atoms with Crippen molar-refractivity contribution in [1.82, 2.24) is 15.0 Å². The Morgan fingerprint density at radius 1 is 0.511 bits per heavy atom. The molecule has 0 radical (unpaired) electrons. The standard InChI is InChI=1S/C43H33N3P/c1-47(2)34-22-14-20-32(28-34)40-37-25-11-9-23-35(37)39(36-24-10-12-26-38(36)40)31-19-13-21-33(27-31)43-45-41(29-15-5-3-6-16-29)44-42(46-43)30-17-7-4-8-18-30/h3-13,15-21,23-28H,1,14,22H2,2H3/q+1. The Labute approximate surface area is 276 Å². The normalized spacial score (nSPS) is 13.3. The lowest BCUT2D eigenvalue weighted by molar-refractivity contribution is 1.02. The van der Waals surface area contributed by atoms with Crippen LogP contribution in [0.2, 0.25) is 0 Å². The minimum absolute atomic E-state index is 0.371. The van der Waals surface area contributed by atoms with Gasteiger partial charge in [0.1, 0.15) is 19.5 Å². The Morgan fingerprint density at radius 3 is 1.49 bits per heavy atom. The maximum Gasteiger partial charge on any atom is 0.164 e. The fourth-order valence-corrected chi connectivity index (χ4v) is 7.53. The van der Waals surface area contributed by atoms with E-state index in [0.717, 1.165) is 35.1 Å². The molecule has 1 aliphatic rings. The van der Waals surface area contributed by atoms with Crippen LogP contribution in [0.15, 0.2) is 151 Å². The molecule has 0 spiro atoms. The van der Waals surface area contributed by atoms with E-state index in [-0.39, 0.29) is 7.55 Å². The number of hydrogen-bond acceptors (Lipinski definition) is 3. The van der Waals surface area contributed by atoms with E-state index in [4.69, 9.17) is 15.0 Å². The van der Waals surface area contributed by atoms with Crippen molar-refractivity contribution in [1.29, 1.82) is 0 Å². The van der Waals surface area contributed by atoms with Gasteiger partial charge in [-0.3, -0.25) is 0 Å². The van der Waals surface area contributed by atoms with Gasteiger partial charge in [0.05, 0.1) is 6.30 Å². The zero-order valence-electron chi connectivity index (χ0n) is 26.3. The van der Waals surface area contributed by atoms with Gasteiger partial charge in [-0.25, -0.2) is 15.0 Å². The van der Waals surface area contributed by atoms with Gasteiger partial charge in [0.15, 0.2) is 17.5 Å². The Bertz CT molecular complexity index is 2260. The molecule has 1 aromatic heterocycles. The molecule has 0 aliphatic heterocycles. The average Bonchev–Trinajstić information content (AvgIpc) is 3.14. The third-order valence-corrected chi connectivity index (χ3v) is 10.2. The van der Waals surface area contributed by atoms with E-state index in [1.54, 1.807) is 0 Å². The Hall–Kier alpha value is -5.50. The molecule has 0 bridgehead atoms. The molecule has 0 amide bonds.